The second-order valence-electron chi connectivity index (χ2n) is 4.72. The minimum Gasteiger partial charge on any atom is -0.388 e. The van der Waals surface area contributed by atoms with Gasteiger partial charge in [-0.1, -0.05) is 0 Å². The number of nitro benzene ring substituents is 1. The summed E-state index contributed by atoms with van der Waals surface area (Å²) in [5.41, 5.74) is 0.0408. The molecule has 1 aromatic carbocycles. The third-order valence-corrected chi connectivity index (χ3v) is 4.77. The van der Waals surface area contributed by atoms with Crippen LogP contribution in [0.1, 0.15) is 12.8 Å². The first-order valence-electron chi connectivity index (χ1n) is 6.50. The predicted octanol–water partition coefficient (Wildman–Crippen LogP) is 1.09. The van der Waals surface area contributed by atoms with E-state index >= 15 is 0 Å². The van der Waals surface area contributed by atoms with Gasteiger partial charge >= 0.3 is 0 Å². The van der Waals surface area contributed by atoms with Gasteiger partial charge in [0.05, 0.1) is 11.5 Å². The molecule has 21 heavy (non-hydrogen) atoms. The van der Waals surface area contributed by atoms with Gasteiger partial charge in [0.25, 0.3) is 5.69 Å². The summed E-state index contributed by atoms with van der Waals surface area (Å²) in [6.45, 7) is 0.881. The van der Waals surface area contributed by atoms with Crippen LogP contribution in [-0.2, 0) is 14.8 Å². The number of ether oxygens (including phenoxy) is 1. The number of nitro groups is 1. The van der Waals surface area contributed by atoms with Crippen molar-refractivity contribution in [1.29, 1.82) is 0 Å². The molecule has 0 bridgehead atoms. The van der Waals surface area contributed by atoms with Crippen molar-refractivity contribution in [3.05, 3.63) is 28.3 Å². The van der Waals surface area contributed by atoms with E-state index in [9.17, 15) is 18.5 Å². The van der Waals surface area contributed by atoms with Crippen LogP contribution in [0.25, 0.3) is 0 Å². The third-order valence-electron chi connectivity index (χ3n) is 3.22. The summed E-state index contributed by atoms with van der Waals surface area (Å²) in [4.78, 5) is 9.98. The molecule has 1 aliphatic heterocycles. The molecule has 1 atom stereocenters. The van der Waals surface area contributed by atoms with Crippen molar-refractivity contribution in [2.45, 2.75) is 23.8 Å². The van der Waals surface area contributed by atoms with Crippen molar-refractivity contribution in [3.8, 4) is 0 Å². The highest BCUT2D eigenvalue weighted by atomic mass is 32.2. The highest BCUT2D eigenvalue weighted by Crippen LogP contribution is 2.27. The summed E-state index contributed by atoms with van der Waals surface area (Å²) < 4.78 is 32.5. The van der Waals surface area contributed by atoms with Crippen LogP contribution in [0.2, 0.25) is 0 Å². The SMILES string of the molecule is CNc1ccc([N+](=O)[O-])c(S(=O)(=O)NC2CCCOC2)c1. The van der Waals surface area contributed by atoms with Crippen molar-refractivity contribution in [3.63, 3.8) is 0 Å². The molecule has 1 unspecified atom stereocenters. The molecule has 1 aromatic rings. The Morgan fingerprint density at radius 2 is 2.19 bits per heavy atom. The monoisotopic (exact) mass is 315 g/mol. The molecular weight excluding hydrogens is 298 g/mol. The molecule has 0 spiro atoms. The molecule has 1 aliphatic rings. The molecule has 8 nitrogen and oxygen atoms in total. The molecule has 1 saturated heterocycles. The lowest BCUT2D eigenvalue weighted by molar-refractivity contribution is -0.387. The molecule has 0 aliphatic carbocycles. The van der Waals surface area contributed by atoms with Crippen LogP contribution in [0.4, 0.5) is 11.4 Å². The number of rotatable bonds is 5. The average Bonchev–Trinajstić information content (AvgIpc) is 2.47. The Kier molecular flexibility index (Phi) is 4.76. The maximum absolute atomic E-state index is 12.4. The van der Waals surface area contributed by atoms with E-state index in [1.54, 1.807) is 7.05 Å². The fourth-order valence-corrected chi connectivity index (χ4v) is 3.60. The molecule has 116 valence electrons. The fraction of sp³-hybridized carbons (Fsp3) is 0.500. The first-order chi connectivity index (χ1) is 9.94. The van der Waals surface area contributed by atoms with E-state index in [1.165, 1.54) is 18.2 Å². The summed E-state index contributed by atoms with van der Waals surface area (Å²) in [5, 5.41) is 13.8. The predicted molar refractivity (Wildman–Crippen MR) is 76.8 cm³/mol. The van der Waals surface area contributed by atoms with Gasteiger partial charge in [-0.05, 0) is 25.0 Å². The van der Waals surface area contributed by atoms with E-state index in [0.29, 0.717) is 18.7 Å². The maximum Gasteiger partial charge on any atom is 0.289 e. The van der Waals surface area contributed by atoms with Crippen molar-refractivity contribution in [1.82, 2.24) is 4.72 Å². The van der Waals surface area contributed by atoms with E-state index in [-0.39, 0.29) is 17.5 Å². The number of nitrogens with zero attached hydrogens (tertiary/aromatic N) is 1. The first kappa shape index (κ1) is 15.7. The number of benzene rings is 1. The Morgan fingerprint density at radius 1 is 1.43 bits per heavy atom. The molecule has 0 aromatic heterocycles. The lowest BCUT2D eigenvalue weighted by Gasteiger charge is -2.23. The molecule has 1 fully saturated rings. The van der Waals surface area contributed by atoms with Gasteiger partial charge in [0.15, 0.2) is 4.90 Å². The van der Waals surface area contributed by atoms with E-state index in [1.807, 2.05) is 0 Å². The zero-order valence-corrected chi connectivity index (χ0v) is 12.4. The van der Waals surface area contributed by atoms with Crippen LogP contribution >= 0.6 is 0 Å². The quantitative estimate of drug-likeness (QED) is 0.621. The van der Waals surface area contributed by atoms with Gasteiger partial charge in [-0.15, -0.1) is 0 Å². The van der Waals surface area contributed by atoms with Crippen LogP contribution in [0.5, 0.6) is 0 Å². The number of anilines is 1. The second kappa shape index (κ2) is 6.37. The smallest absolute Gasteiger partial charge is 0.289 e. The molecule has 2 rings (SSSR count). The topological polar surface area (TPSA) is 111 Å². The lowest BCUT2D eigenvalue weighted by Crippen LogP contribution is -2.40. The molecule has 1 heterocycles. The van der Waals surface area contributed by atoms with Gasteiger partial charge in [-0.2, -0.15) is 0 Å². The van der Waals surface area contributed by atoms with Crippen LogP contribution in [0.3, 0.4) is 0 Å². The zero-order chi connectivity index (χ0) is 15.5. The minimum absolute atomic E-state index is 0.277. The fourth-order valence-electron chi connectivity index (χ4n) is 2.15. The van der Waals surface area contributed by atoms with Gasteiger partial charge in [0, 0.05) is 31.5 Å². The van der Waals surface area contributed by atoms with Gasteiger partial charge in [-0.3, -0.25) is 10.1 Å². The molecule has 9 heteroatoms. The number of hydrogen-bond acceptors (Lipinski definition) is 6. The summed E-state index contributed by atoms with van der Waals surface area (Å²) in [6, 6.07) is 3.53. The van der Waals surface area contributed by atoms with Gasteiger partial charge < -0.3 is 10.1 Å². The van der Waals surface area contributed by atoms with E-state index < -0.39 is 20.6 Å². The van der Waals surface area contributed by atoms with Crippen LogP contribution in [-0.4, -0.2) is 39.6 Å². The van der Waals surface area contributed by atoms with Crippen molar-refractivity contribution in [2.24, 2.45) is 0 Å². The van der Waals surface area contributed by atoms with Crippen LogP contribution < -0.4 is 10.0 Å². The van der Waals surface area contributed by atoms with Gasteiger partial charge in [-0.25, -0.2) is 13.1 Å². The number of sulfonamides is 1. The average molecular weight is 315 g/mol. The molecule has 0 amide bonds. The summed E-state index contributed by atoms with van der Waals surface area (Å²) in [7, 11) is -2.37. The normalized spacial score (nSPS) is 19.2. The lowest BCUT2D eigenvalue weighted by atomic mass is 10.1. The molecule has 2 N–H and O–H groups in total. The highest BCUT2D eigenvalue weighted by molar-refractivity contribution is 7.89. The van der Waals surface area contributed by atoms with Crippen LogP contribution in [0, 0.1) is 10.1 Å². The Bertz CT molecular complexity index is 626. The third kappa shape index (κ3) is 3.69. The molecule has 0 radical (unpaired) electrons. The molecule has 0 saturated carbocycles. The summed E-state index contributed by atoms with van der Waals surface area (Å²) >= 11 is 0. The minimum atomic E-state index is -3.98. The summed E-state index contributed by atoms with van der Waals surface area (Å²) in [5.74, 6) is 0. The Hall–Kier alpha value is -1.71. The van der Waals surface area contributed by atoms with Crippen molar-refractivity contribution in [2.75, 3.05) is 25.6 Å². The van der Waals surface area contributed by atoms with Gasteiger partial charge in [0.2, 0.25) is 10.0 Å². The Morgan fingerprint density at radius 3 is 2.76 bits per heavy atom. The number of nitrogens with one attached hydrogen (secondary N) is 2. The standard InChI is InChI=1S/C12H17N3O5S/c1-13-9-4-5-11(15(16)17)12(7-9)21(18,19)14-10-3-2-6-20-8-10/h4-5,7,10,13-14H,2-3,6,8H2,1H3. The van der Waals surface area contributed by atoms with E-state index in [4.69, 9.17) is 4.74 Å². The second-order valence-corrected chi connectivity index (χ2v) is 6.41. The number of hydrogen-bond donors (Lipinski definition) is 2. The summed E-state index contributed by atoms with van der Waals surface area (Å²) in [6.07, 6.45) is 1.41. The Labute approximate surface area is 122 Å². The van der Waals surface area contributed by atoms with Crippen LogP contribution in [0.15, 0.2) is 23.1 Å². The largest absolute Gasteiger partial charge is 0.388 e. The zero-order valence-electron chi connectivity index (χ0n) is 11.5. The first-order valence-corrected chi connectivity index (χ1v) is 7.98. The Balaban J connectivity index is 2.35. The van der Waals surface area contributed by atoms with Gasteiger partial charge in [0.1, 0.15) is 0 Å². The van der Waals surface area contributed by atoms with E-state index in [2.05, 4.69) is 10.0 Å². The van der Waals surface area contributed by atoms with E-state index in [0.717, 1.165) is 6.42 Å². The molecular formula is C12H17N3O5S. The maximum atomic E-state index is 12.4. The van der Waals surface area contributed by atoms with Crippen molar-refractivity contribution < 1.29 is 18.1 Å². The van der Waals surface area contributed by atoms with Crippen molar-refractivity contribution >= 4 is 21.4 Å². The highest BCUT2D eigenvalue weighted by Gasteiger charge is 2.29.